The topological polar surface area (TPSA) is 39.2 Å². The van der Waals surface area contributed by atoms with Crippen molar-refractivity contribution in [3.05, 3.63) is 59.2 Å². The van der Waals surface area contributed by atoms with Crippen LogP contribution in [-0.4, -0.2) is 17.9 Å². The van der Waals surface area contributed by atoms with Crippen LogP contribution in [0.25, 0.3) is 0 Å². The van der Waals surface area contributed by atoms with Crippen molar-refractivity contribution >= 4 is 5.78 Å². The van der Waals surface area contributed by atoms with Crippen molar-refractivity contribution in [3.63, 3.8) is 0 Å². The summed E-state index contributed by atoms with van der Waals surface area (Å²) in [6.07, 6.45) is 3.03. The third-order valence-corrected chi connectivity index (χ3v) is 2.71. The van der Waals surface area contributed by atoms with E-state index in [0.717, 1.165) is 5.56 Å². The zero-order valence-electron chi connectivity index (χ0n) is 10.1. The van der Waals surface area contributed by atoms with Crippen LogP contribution in [0.4, 0.5) is 4.39 Å². The second-order valence-corrected chi connectivity index (χ2v) is 3.84. The highest BCUT2D eigenvalue weighted by Crippen LogP contribution is 2.23. The van der Waals surface area contributed by atoms with Crippen LogP contribution in [0.3, 0.4) is 0 Å². The molecule has 0 aliphatic heterocycles. The third-order valence-electron chi connectivity index (χ3n) is 2.71. The molecule has 18 heavy (non-hydrogen) atoms. The SMILES string of the molecule is COc1cccc(C(=O)c2cnccc2C)c1F. The van der Waals surface area contributed by atoms with Crippen molar-refractivity contribution in [1.29, 1.82) is 0 Å². The van der Waals surface area contributed by atoms with Crippen molar-refractivity contribution < 1.29 is 13.9 Å². The molecule has 0 radical (unpaired) electrons. The number of halogens is 1. The van der Waals surface area contributed by atoms with E-state index >= 15 is 0 Å². The molecule has 0 saturated heterocycles. The Balaban J connectivity index is 2.50. The summed E-state index contributed by atoms with van der Waals surface area (Å²) < 4.78 is 18.8. The van der Waals surface area contributed by atoms with Crippen LogP contribution >= 0.6 is 0 Å². The van der Waals surface area contributed by atoms with Gasteiger partial charge in [-0.15, -0.1) is 0 Å². The number of rotatable bonds is 3. The zero-order chi connectivity index (χ0) is 13.1. The molecule has 1 aromatic carbocycles. The fourth-order valence-corrected chi connectivity index (χ4v) is 1.69. The first-order valence-corrected chi connectivity index (χ1v) is 5.43. The molecule has 0 aliphatic rings. The smallest absolute Gasteiger partial charge is 0.197 e. The molecule has 0 atom stereocenters. The maximum atomic E-state index is 14.0. The van der Waals surface area contributed by atoms with E-state index < -0.39 is 11.6 Å². The highest BCUT2D eigenvalue weighted by atomic mass is 19.1. The Hall–Kier alpha value is -2.23. The summed E-state index contributed by atoms with van der Waals surface area (Å²) in [5.74, 6) is -0.979. The van der Waals surface area contributed by atoms with E-state index in [-0.39, 0.29) is 11.3 Å². The molecule has 0 spiro atoms. The maximum absolute atomic E-state index is 14.0. The Kier molecular flexibility index (Phi) is 3.37. The van der Waals surface area contributed by atoms with E-state index in [4.69, 9.17) is 4.74 Å². The maximum Gasteiger partial charge on any atom is 0.197 e. The van der Waals surface area contributed by atoms with Gasteiger partial charge in [0, 0.05) is 18.0 Å². The number of ether oxygens (including phenoxy) is 1. The fraction of sp³-hybridized carbons (Fsp3) is 0.143. The van der Waals surface area contributed by atoms with Gasteiger partial charge in [0.2, 0.25) is 0 Å². The molecule has 2 aromatic rings. The summed E-state index contributed by atoms with van der Waals surface area (Å²) in [5.41, 5.74) is 1.15. The van der Waals surface area contributed by atoms with Gasteiger partial charge >= 0.3 is 0 Å². The Morgan fingerprint density at radius 3 is 2.72 bits per heavy atom. The minimum Gasteiger partial charge on any atom is -0.494 e. The lowest BCUT2D eigenvalue weighted by molar-refractivity contribution is 0.103. The minimum atomic E-state index is -0.645. The van der Waals surface area contributed by atoms with Gasteiger partial charge in [0.05, 0.1) is 12.7 Å². The molecule has 0 amide bonds. The Morgan fingerprint density at radius 2 is 2.06 bits per heavy atom. The van der Waals surface area contributed by atoms with Gasteiger partial charge < -0.3 is 4.74 Å². The first kappa shape index (κ1) is 12.2. The first-order chi connectivity index (χ1) is 8.65. The number of carbonyl (C=O) groups is 1. The van der Waals surface area contributed by atoms with Crippen molar-refractivity contribution in [2.24, 2.45) is 0 Å². The molecule has 0 saturated carbocycles. The van der Waals surface area contributed by atoms with Crippen LogP contribution in [0.1, 0.15) is 21.5 Å². The van der Waals surface area contributed by atoms with Gasteiger partial charge in [0.25, 0.3) is 0 Å². The molecule has 1 heterocycles. The quantitative estimate of drug-likeness (QED) is 0.780. The molecule has 0 N–H and O–H groups in total. The van der Waals surface area contributed by atoms with E-state index in [0.29, 0.717) is 5.56 Å². The van der Waals surface area contributed by atoms with Gasteiger partial charge in [0.15, 0.2) is 17.3 Å². The van der Waals surface area contributed by atoms with E-state index in [2.05, 4.69) is 4.98 Å². The van der Waals surface area contributed by atoms with Crippen molar-refractivity contribution in [3.8, 4) is 5.75 Å². The predicted octanol–water partition coefficient (Wildman–Crippen LogP) is 2.77. The average molecular weight is 245 g/mol. The highest BCUT2D eigenvalue weighted by Gasteiger charge is 2.18. The number of nitrogens with zero attached hydrogens (tertiary/aromatic N) is 1. The van der Waals surface area contributed by atoms with Crippen LogP contribution in [-0.2, 0) is 0 Å². The lowest BCUT2D eigenvalue weighted by Crippen LogP contribution is -2.07. The number of ketones is 1. The number of benzene rings is 1. The van der Waals surface area contributed by atoms with Gasteiger partial charge in [-0.3, -0.25) is 9.78 Å². The summed E-state index contributed by atoms with van der Waals surface area (Å²) in [6.45, 7) is 1.78. The fourth-order valence-electron chi connectivity index (χ4n) is 1.69. The summed E-state index contributed by atoms with van der Waals surface area (Å²) in [7, 11) is 1.36. The Labute approximate surface area is 104 Å². The van der Waals surface area contributed by atoms with E-state index in [1.807, 2.05) is 0 Å². The van der Waals surface area contributed by atoms with Crippen LogP contribution in [0, 0.1) is 12.7 Å². The lowest BCUT2D eigenvalue weighted by Gasteiger charge is -2.07. The molecule has 3 nitrogen and oxygen atoms in total. The Bertz CT molecular complexity index is 596. The standard InChI is InChI=1S/C14H12FNO2/c1-9-6-7-16-8-11(9)14(17)10-4-3-5-12(18-2)13(10)15/h3-8H,1-2H3. The number of aryl methyl sites for hydroxylation is 1. The molecular formula is C14H12FNO2. The molecular weight excluding hydrogens is 233 g/mol. The number of methoxy groups -OCH3 is 1. The van der Waals surface area contributed by atoms with Gasteiger partial charge in [-0.25, -0.2) is 4.39 Å². The molecule has 0 fully saturated rings. The second kappa shape index (κ2) is 4.96. The lowest BCUT2D eigenvalue weighted by atomic mass is 10.0. The zero-order valence-corrected chi connectivity index (χ0v) is 10.1. The normalized spacial score (nSPS) is 10.2. The second-order valence-electron chi connectivity index (χ2n) is 3.84. The van der Waals surface area contributed by atoms with Crippen molar-refractivity contribution in [2.45, 2.75) is 6.92 Å². The van der Waals surface area contributed by atoms with Gasteiger partial charge in [-0.05, 0) is 30.7 Å². The number of hydrogen-bond donors (Lipinski definition) is 0. The van der Waals surface area contributed by atoms with Crippen LogP contribution < -0.4 is 4.74 Å². The third kappa shape index (κ3) is 2.09. The Morgan fingerprint density at radius 1 is 1.28 bits per heavy atom. The molecule has 92 valence electrons. The van der Waals surface area contributed by atoms with Crippen molar-refractivity contribution in [2.75, 3.05) is 7.11 Å². The minimum absolute atomic E-state index is 0.00884. The predicted molar refractivity (Wildman–Crippen MR) is 65.4 cm³/mol. The van der Waals surface area contributed by atoms with Crippen LogP contribution in [0.15, 0.2) is 36.7 Å². The highest BCUT2D eigenvalue weighted by molar-refractivity contribution is 6.10. The first-order valence-electron chi connectivity index (χ1n) is 5.43. The summed E-state index contributed by atoms with van der Waals surface area (Å²) in [6, 6.07) is 6.21. The van der Waals surface area contributed by atoms with Crippen molar-refractivity contribution in [1.82, 2.24) is 4.98 Å². The number of pyridine rings is 1. The van der Waals surface area contributed by atoms with E-state index in [9.17, 15) is 9.18 Å². The summed E-state index contributed by atoms with van der Waals surface area (Å²) in [4.78, 5) is 16.1. The molecule has 0 aliphatic carbocycles. The number of carbonyl (C=O) groups excluding carboxylic acids is 1. The number of hydrogen-bond acceptors (Lipinski definition) is 3. The van der Waals surface area contributed by atoms with E-state index in [1.165, 1.54) is 25.4 Å². The molecule has 0 bridgehead atoms. The van der Waals surface area contributed by atoms with E-state index in [1.54, 1.807) is 25.3 Å². The molecule has 2 rings (SSSR count). The monoisotopic (exact) mass is 245 g/mol. The van der Waals surface area contributed by atoms with Gasteiger partial charge in [-0.1, -0.05) is 6.07 Å². The largest absolute Gasteiger partial charge is 0.494 e. The van der Waals surface area contributed by atoms with Gasteiger partial charge in [0.1, 0.15) is 0 Å². The molecule has 0 unspecified atom stereocenters. The summed E-state index contributed by atoms with van der Waals surface area (Å²) in [5, 5.41) is 0. The van der Waals surface area contributed by atoms with Crippen LogP contribution in [0.2, 0.25) is 0 Å². The molecule has 1 aromatic heterocycles. The number of aromatic nitrogens is 1. The molecule has 4 heteroatoms. The van der Waals surface area contributed by atoms with Gasteiger partial charge in [-0.2, -0.15) is 0 Å². The average Bonchev–Trinajstić information content (AvgIpc) is 2.39. The van der Waals surface area contributed by atoms with Crippen LogP contribution in [0.5, 0.6) is 5.75 Å². The summed E-state index contributed by atoms with van der Waals surface area (Å²) >= 11 is 0.